The van der Waals surface area contributed by atoms with Gasteiger partial charge in [0.2, 0.25) is 0 Å². The predicted octanol–water partition coefficient (Wildman–Crippen LogP) is 2.72. The van der Waals surface area contributed by atoms with Gasteiger partial charge < -0.3 is 4.98 Å². The highest BCUT2D eigenvalue weighted by Gasteiger charge is 1.98. The highest BCUT2D eigenvalue weighted by molar-refractivity contribution is 9.09. The average Bonchev–Trinajstić information content (AvgIpc) is 2.30. The van der Waals surface area contributed by atoms with Gasteiger partial charge >= 0.3 is 0 Å². The smallest absolute Gasteiger partial charge is 0.258 e. The zero-order valence-electron chi connectivity index (χ0n) is 8.61. The highest BCUT2D eigenvalue weighted by Crippen LogP contribution is 2.11. The van der Waals surface area contributed by atoms with Crippen LogP contribution in [-0.2, 0) is 0 Å². The molecule has 4 heteroatoms. The zero-order valence-corrected chi connectivity index (χ0v) is 10.2. The minimum absolute atomic E-state index is 0.0963. The van der Waals surface area contributed by atoms with Crippen molar-refractivity contribution in [2.75, 3.05) is 5.33 Å². The number of hydrogen-bond acceptors (Lipinski definition) is 2. The Bertz CT molecular complexity index is 574. The molecule has 3 nitrogen and oxygen atoms in total. The average molecular weight is 279 g/mol. The van der Waals surface area contributed by atoms with Crippen LogP contribution in [-0.4, -0.2) is 15.3 Å². The van der Waals surface area contributed by atoms with E-state index in [1.807, 2.05) is 18.2 Å². The van der Waals surface area contributed by atoms with Crippen LogP contribution in [0.5, 0.6) is 0 Å². The summed E-state index contributed by atoms with van der Waals surface area (Å²) in [5.41, 5.74) is 1.69. The van der Waals surface area contributed by atoms with Crippen molar-refractivity contribution in [2.24, 2.45) is 0 Å². The van der Waals surface area contributed by atoms with Crippen molar-refractivity contribution in [1.82, 2.24) is 9.97 Å². The number of alkyl halides is 1. The zero-order chi connectivity index (χ0) is 11.4. The number of aromatic amines is 1. The normalized spacial score (nSPS) is 11.3. The summed E-state index contributed by atoms with van der Waals surface area (Å²) in [6.07, 6.45) is 6.53. The van der Waals surface area contributed by atoms with Crippen LogP contribution in [0.25, 0.3) is 17.0 Å². The van der Waals surface area contributed by atoms with E-state index in [0.29, 0.717) is 5.39 Å². The number of aromatic nitrogens is 2. The lowest BCUT2D eigenvalue weighted by atomic mass is 10.1. The van der Waals surface area contributed by atoms with Gasteiger partial charge in [0.1, 0.15) is 0 Å². The number of H-pyrrole nitrogens is 1. The van der Waals surface area contributed by atoms with Crippen LogP contribution in [0.1, 0.15) is 12.0 Å². The summed E-state index contributed by atoms with van der Waals surface area (Å²) < 4.78 is 0. The van der Waals surface area contributed by atoms with Gasteiger partial charge in [-0.05, 0) is 24.1 Å². The Labute approximate surface area is 101 Å². The van der Waals surface area contributed by atoms with E-state index in [1.165, 1.54) is 6.33 Å². The third kappa shape index (κ3) is 2.39. The Hall–Kier alpha value is -1.42. The van der Waals surface area contributed by atoms with E-state index in [4.69, 9.17) is 0 Å². The third-order valence-electron chi connectivity index (χ3n) is 2.25. The Morgan fingerprint density at radius 1 is 1.44 bits per heavy atom. The van der Waals surface area contributed by atoms with Gasteiger partial charge in [0.25, 0.3) is 5.56 Å². The number of rotatable bonds is 3. The summed E-state index contributed by atoms with van der Waals surface area (Å²) in [5.74, 6) is 0. The van der Waals surface area contributed by atoms with Crippen molar-refractivity contribution in [3.63, 3.8) is 0 Å². The van der Waals surface area contributed by atoms with Gasteiger partial charge in [-0.1, -0.05) is 34.1 Å². The number of nitrogens with zero attached hydrogens (tertiary/aromatic N) is 1. The molecule has 2 aromatic rings. The number of benzene rings is 1. The van der Waals surface area contributed by atoms with E-state index in [9.17, 15) is 4.79 Å². The lowest BCUT2D eigenvalue weighted by Gasteiger charge is -1.97. The molecule has 16 heavy (non-hydrogen) atoms. The van der Waals surface area contributed by atoms with Gasteiger partial charge in [-0.15, -0.1) is 0 Å². The second-order valence-electron chi connectivity index (χ2n) is 3.39. The maximum atomic E-state index is 11.4. The SMILES string of the molecule is O=c1[nH]cnc2cc(C=CCCBr)ccc12. The Kier molecular flexibility index (Phi) is 3.51. The van der Waals surface area contributed by atoms with Gasteiger partial charge in [-0.3, -0.25) is 4.79 Å². The summed E-state index contributed by atoms with van der Waals surface area (Å²) >= 11 is 3.36. The van der Waals surface area contributed by atoms with Crippen molar-refractivity contribution in [1.29, 1.82) is 0 Å². The number of nitrogens with one attached hydrogen (secondary N) is 1. The Morgan fingerprint density at radius 3 is 3.12 bits per heavy atom. The molecule has 0 saturated heterocycles. The topological polar surface area (TPSA) is 45.8 Å². The minimum Gasteiger partial charge on any atom is -0.313 e. The Morgan fingerprint density at radius 2 is 2.31 bits per heavy atom. The largest absolute Gasteiger partial charge is 0.313 e. The number of allylic oxidation sites excluding steroid dienone is 1. The van der Waals surface area contributed by atoms with E-state index in [1.54, 1.807) is 6.07 Å². The second kappa shape index (κ2) is 5.07. The van der Waals surface area contributed by atoms with Crippen molar-refractivity contribution in [3.05, 3.63) is 46.5 Å². The molecule has 2 rings (SSSR count). The third-order valence-corrected chi connectivity index (χ3v) is 2.71. The fourth-order valence-corrected chi connectivity index (χ4v) is 1.74. The second-order valence-corrected chi connectivity index (χ2v) is 4.18. The van der Waals surface area contributed by atoms with Crippen LogP contribution < -0.4 is 5.56 Å². The minimum atomic E-state index is -0.0963. The quantitative estimate of drug-likeness (QED) is 0.878. The molecule has 1 heterocycles. The fourth-order valence-electron chi connectivity index (χ4n) is 1.47. The summed E-state index contributed by atoms with van der Waals surface area (Å²) in [6.45, 7) is 0. The molecule has 0 spiro atoms. The molecule has 0 saturated carbocycles. The van der Waals surface area contributed by atoms with Crippen molar-refractivity contribution in [2.45, 2.75) is 6.42 Å². The maximum Gasteiger partial charge on any atom is 0.258 e. The van der Waals surface area contributed by atoms with Crippen LogP contribution in [0, 0.1) is 0 Å². The molecule has 0 aliphatic carbocycles. The van der Waals surface area contributed by atoms with E-state index < -0.39 is 0 Å². The molecular weight excluding hydrogens is 268 g/mol. The molecule has 0 aliphatic heterocycles. The molecule has 82 valence electrons. The van der Waals surface area contributed by atoms with Crippen molar-refractivity contribution < 1.29 is 0 Å². The maximum absolute atomic E-state index is 11.4. The molecule has 0 aliphatic rings. The highest BCUT2D eigenvalue weighted by atomic mass is 79.9. The fraction of sp³-hybridized carbons (Fsp3) is 0.167. The van der Waals surface area contributed by atoms with E-state index >= 15 is 0 Å². The molecule has 1 N–H and O–H groups in total. The lowest BCUT2D eigenvalue weighted by molar-refractivity contribution is 1.17. The first kappa shape index (κ1) is 11.1. The number of hydrogen-bond donors (Lipinski definition) is 1. The van der Waals surface area contributed by atoms with Crippen molar-refractivity contribution >= 4 is 32.9 Å². The molecule has 0 unspecified atom stereocenters. The number of fused-ring (bicyclic) bond motifs is 1. The molecule has 0 atom stereocenters. The summed E-state index contributed by atoms with van der Waals surface area (Å²) in [6, 6.07) is 5.63. The van der Waals surface area contributed by atoms with Gasteiger partial charge in [0.05, 0.1) is 17.2 Å². The van der Waals surface area contributed by atoms with Crippen LogP contribution in [0.3, 0.4) is 0 Å². The van der Waals surface area contributed by atoms with Gasteiger partial charge in [-0.25, -0.2) is 4.98 Å². The molecule has 0 radical (unpaired) electrons. The van der Waals surface area contributed by atoms with Crippen molar-refractivity contribution in [3.8, 4) is 0 Å². The van der Waals surface area contributed by atoms with Crippen LogP contribution >= 0.6 is 15.9 Å². The monoisotopic (exact) mass is 278 g/mol. The van der Waals surface area contributed by atoms with Gasteiger partial charge in [-0.2, -0.15) is 0 Å². The van der Waals surface area contributed by atoms with E-state index in [-0.39, 0.29) is 5.56 Å². The lowest BCUT2D eigenvalue weighted by Crippen LogP contribution is -2.05. The summed E-state index contributed by atoms with van der Waals surface area (Å²) in [7, 11) is 0. The first-order chi connectivity index (χ1) is 7.81. The first-order valence-corrected chi connectivity index (χ1v) is 6.13. The molecule has 0 bridgehead atoms. The standard InChI is InChI=1S/C12H11BrN2O/c13-6-2-1-3-9-4-5-10-11(7-9)14-8-15-12(10)16/h1,3-5,7-8H,2,6H2,(H,14,15,16). The molecule has 1 aromatic carbocycles. The molecule has 1 aromatic heterocycles. The first-order valence-electron chi connectivity index (χ1n) is 5.01. The summed E-state index contributed by atoms with van der Waals surface area (Å²) in [5, 5.41) is 1.58. The molecular formula is C12H11BrN2O. The van der Waals surface area contributed by atoms with Crippen LogP contribution in [0.2, 0.25) is 0 Å². The van der Waals surface area contributed by atoms with Gasteiger partial charge in [0.15, 0.2) is 0 Å². The Balaban J connectivity index is 2.41. The summed E-state index contributed by atoms with van der Waals surface area (Å²) in [4.78, 5) is 18.1. The van der Waals surface area contributed by atoms with E-state index in [0.717, 1.165) is 22.8 Å². The number of halogens is 1. The molecule has 0 fully saturated rings. The van der Waals surface area contributed by atoms with E-state index in [2.05, 4.69) is 32.0 Å². The van der Waals surface area contributed by atoms with Crippen LogP contribution in [0.15, 0.2) is 35.4 Å². The van der Waals surface area contributed by atoms with Crippen LogP contribution in [0.4, 0.5) is 0 Å². The molecule has 0 amide bonds. The predicted molar refractivity (Wildman–Crippen MR) is 69.8 cm³/mol. The van der Waals surface area contributed by atoms with Gasteiger partial charge in [0, 0.05) is 5.33 Å².